The maximum Gasteiger partial charge on any atom is 0.248 e. The lowest BCUT2D eigenvalue weighted by Crippen LogP contribution is -2.41. The van der Waals surface area contributed by atoms with E-state index in [1.54, 1.807) is 14.2 Å². The van der Waals surface area contributed by atoms with Crippen molar-refractivity contribution in [3.05, 3.63) is 47.8 Å². The average molecular weight is 369 g/mol. The van der Waals surface area contributed by atoms with Crippen molar-refractivity contribution < 1.29 is 14.3 Å². The second kappa shape index (κ2) is 8.86. The van der Waals surface area contributed by atoms with Crippen LogP contribution >= 0.6 is 0 Å². The van der Waals surface area contributed by atoms with E-state index >= 15 is 0 Å². The molecule has 1 aromatic heterocycles. The van der Waals surface area contributed by atoms with Crippen LogP contribution < -0.4 is 10.1 Å². The molecule has 1 atom stereocenters. The van der Waals surface area contributed by atoms with Crippen LogP contribution in [0.5, 0.6) is 5.75 Å². The number of hydrogen-bond donors (Lipinski definition) is 1. The Labute approximate surface area is 160 Å². The van der Waals surface area contributed by atoms with E-state index in [4.69, 9.17) is 14.5 Å². The van der Waals surface area contributed by atoms with Gasteiger partial charge in [-0.15, -0.1) is 0 Å². The SMILES string of the molecule is COCC(=O)N1CCCC(c2cc(Nc3cccc(OC)c3)cc(C)n2)C1. The Morgan fingerprint density at radius 3 is 2.89 bits per heavy atom. The van der Waals surface area contributed by atoms with Crippen LogP contribution in [0.3, 0.4) is 0 Å². The van der Waals surface area contributed by atoms with E-state index in [1.165, 1.54) is 0 Å². The van der Waals surface area contributed by atoms with Crippen LogP contribution in [0.15, 0.2) is 36.4 Å². The molecule has 6 nitrogen and oxygen atoms in total. The molecule has 0 radical (unpaired) electrons. The maximum absolute atomic E-state index is 12.2. The van der Waals surface area contributed by atoms with Gasteiger partial charge in [0.05, 0.1) is 7.11 Å². The molecule has 0 saturated carbocycles. The second-order valence-corrected chi connectivity index (χ2v) is 6.89. The van der Waals surface area contributed by atoms with E-state index < -0.39 is 0 Å². The standard InChI is InChI=1S/C21H27N3O3/c1-15-10-18(23-17-7-4-8-19(11-17)27-3)12-20(22-15)16-6-5-9-24(13-16)21(25)14-26-2/h4,7-8,10-12,16H,5-6,9,13-14H2,1-3H3,(H,22,23). The first-order valence-corrected chi connectivity index (χ1v) is 9.25. The fraction of sp³-hybridized carbons (Fsp3) is 0.429. The highest BCUT2D eigenvalue weighted by atomic mass is 16.5. The predicted octanol–water partition coefficient (Wildman–Crippen LogP) is 3.49. The van der Waals surface area contributed by atoms with E-state index in [0.717, 1.165) is 47.9 Å². The fourth-order valence-electron chi connectivity index (χ4n) is 3.50. The summed E-state index contributed by atoms with van der Waals surface area (Å²) >= 11 is 0. The average Bonchev–Trinajstić information content (AvgIpc) is 2.68. The third-order valence-electron chi connectivity index (χ3n) is 4.79. The van der Waals surface area contributed by atoms with Crippen LogP contribution in [0.25, 0.3) is 0 Å². The van der Waals surface area contributed by atoms with Crippen LogP contribution in [0, 0.1) is 6.92 Å². The molecule has 1 aliphatic heterocycles. The van der Waals surface area contributed by atoms with Crippen LogP contribution in [0.2, 0.25) is 0 Å². The molecule has 1 N–H and O–H groups in total. The highest BCUT2D eigenvalue weighted by molar-refractivity contribution is 5.77. The lowest BCUT2D eigenvalue weighted by Gasteiger charge is -2.32. The molecule has 3 rings (SSSR count). The molecule has 6 heteroatoms. The molecular weight excluding hydrogens is 342 g/mol. The number of carbonyl (C=O) groups excluding carboxylic acids is 1. The highest BCUT2D eigenvalue weighted by Crippen LogP contribution is 2.29. The molecule has 1 aromatic carbocycles. The number of carbonyl (C=O) groups is 1. The van der Waals surface area contributed by atoms with Gasteiger partial charge in [-0.25, -0.2) is 0 Å². The Morgan fingerprint density at radius 2 is 2.11 bits per heavy atom. The summed E-state index contributed by atoms with van der Waals surface area (Å²) < 4.78 is 10.3. The predicted molar refractivity (Wildman–Crippen MR) is 106 cm³/mol. The number of pyridine rings is 1. The maximum atomic E-state index is 12.2. The number of rotatable bonds is 6. The number of piperidine rings is 1. The lowest BCUT2D eigenvalue weighted by molar-refractivity contribution is -0.136. The van der Waals surface area contributed by atoms with Crippen molar-refractivity contribution in [1.29, 1.82) is 0 Å². The summed E-state index contributed by atoms with van der Waals surface area (Å²) in [6.07, 6.45) is 2.01. The normalized spacial score (nSPS) is 16.9. The number of aryl methyl sites for hydroxylation is 1. The van der Waals surface area contributed by atoms with Gasteiger partial charge < -0.3 is 19.7 Å². The third kappa shape index (κ3) is 4.98. The first kappa shape index (κ1) is 19.2. The number of likely N-dealkylation sites (tertiary alicyclic amines) is 1. The number of nitrogens with zero attached hydrogens (tertiary/aromatic N) is 2. The van der Waals surface area contributed by atoms with Crippen molar-refractivity contribution in [1.82, 2.24) is 9.88 Å². The second-order valence-electron chi connectivity index (χ2n) is 6.89. The smallest absolute Gasteiger partial charge is 0.248 e. The van der Waals surface area contributed by atoms with Gasteiger partial charge in [0.15, 0.2) is 0 Å². The molecule has 0 bridgehead atoms. The number of benzene rings is 1. The Bertz CT molecular complexity index is 794. The van der Waals surface area contributed by atoms with Crippen molar-refractivity contribution in [3.8, 4) is 5.75 Å². The molecule has 1 amide bonds. The Kier molecular flexibility index (Phi) is 6.29. The van der Waals surface area contributed by atoms with Gasteiger partial charge in [0, 0.05) is 54.9 Å². The Morgan fingerprint density at radius 1 is 1.26 bits per heavy atom. The van der Waals surface area contributed by atoms with E-state index in [0.29, 0.717) is 6.54 Å². The van der Waals surface area contributed by atoms with Gasteiger partial charge in [0.2, 0.25) is 5.91 Å². The fourth-order valence-corrected chi connectivity index (χ4v) is 3.50. The van der Waals surface area contributed by atoms with Crippen LogP contribution in [-0.4, -0.2) is 49.7 Å². The van der Waals surface area contributed by atoms with E-state index in [1.807, 2.05) is 42.2 Å². The summed E-state index contributed by atoms with van der Waals surface area (Å²) in [6.45, 7) is 3.62. The summed E-state index contributed by atoms with van der Waals surface area (Å²) in [5.41, 5.74) is 3.94. The minimum absolute atomic E-state index is 0.0459. The lowest BCUT2D eigenvalue weighted by atomic mass is 9.93. The highest BCUT2D eigenvalue weighted by Gasteiger charge is 2.25. The third-order valence-corrected chi connectivity index (χ3v) is 4.79. The minimum Gasteiger partial charge on any atom is -0.497 e. The zero-order valence-electron chi connectivity index (χ0n) is 16.2. The number of anilines is 2. The van der Waals surface area contributed by atoms with Gasteiger partial charge in [-0.3, -0.25) is 9.78 Å². The van der Waals surface area contributed by atoms with Crippen LogP contribution in [0.1, 0.15) is 30.1 Å². The quantitative estimate of drug-likeness (QED) is 0.844. The summed E-state index contributed by atoms with van der Waals surface area (Å²) in [5.74, 6) is 1.10. The zero-order chi connectivity index (χ0) is 19.2. The van der Waals surface area contributed by atoms with E-state index in [-0.39, 0.29) is 18.4 Å². The van der Waals surface area contributed by atoms with Crippen LogP contribution in [0.4, 0.5) is 11.4 Å². The molecule has 1 aliphatic rings. The molecule has 144 valence electrons. The molecule has 0 spiro atoms. The number of nitrogens with one attached hydrogen (secondary N) is 1. The van der Waals surface area contributed by atoms with Gasteiger partial charge >= 0.3 is 0 Å². The zero-order valence-corrected chi connectivity index (χ0v) is 16.2. The number of hydrogen-bond acceptors (Lipinski definition) is 5. The first-order valence-electron chi connectivity index (χ1n) is 9.25. The van der Waals surface area contributed by atoms with Crippen molar-refractivity contribution in [3.63, 3.8) is 0 Å². The summed E-state index contributed by atoms with van der Waals surface area (Å²) in [6, 6.07) is 11.9. The molecular formula is C21H27N3O3. The molecule has 1 saturated heterocycles. The number of aromatic nitrogens is 1. The molecule has 2 heterocycles. The first-order chi connectivity index (χ1) is 13.1. The minimum atomic E-state index is 0.0459. The Balaban J connectivity index is 1.77. The van der Waals surface area contributed by atoms with Gasteiger partial charge in [-0.2, -0.15) is 0 Å². The van der Waals surface area contributed by atoms with E-state index in [9.17, 15) is 4.79 Å². The van der Waals surface area contributed by atoms with Gasteiger partial charge in [0.1, 0.15) is 12.4 Å². The molecule has 2 aromatic rings. The van der Waals surface area contributed by atoms with Gasteiger partial charge in [-0.05, 0) is 44.0 Å². The van der Waals surface area contributed by atoms with Crippen molar-refractivity contribution in [2.75, 3.05) is 39.2 Å². The number of methoxy groups -OCH3 is 2. The monoisotopic (exact) mass is 369 g/mol. The summed E-state index contributed by atoms with van der Waals surface area (Å²) in [7, 11) is 3.21. The number of amides is 1. The van der Waals surface area contributed by atoms with Crippen LogP contribution in [-0.2, 0) is 9.53 Å². The van der Waals surface area contributed by atoms with Crippen molar-refractivity contribution in [2.24, 2.45) is 0 Å². The van der Waals surface area contributed by atoms with Gasteiger partial charge in [-0.1, -0.05) is 6.07 Å². The van der Waals surface area contributed by atoms with E-state index in [2.05, 4.69) is 11.4 Å². The number of ether oxygens (including phenoxy) is 2. The molecule has 27 heavy (non-hydrogen) atoms. The molecule has 1 fully saturated rings. The molecule has 1 unspecified atom stereocenters. The summed E-state index contributed by atoms with van der Waals surface area (Å²) in [5, 5.41) is 3.43. The summed E-state index contributed by atoms with van der Waals surface area (Å²) in [4.78, 5) is 18.8. The van der Waals surface area contributed by atoms with Crippen molar-refractivity contribution >= 4 is 17.3 Å². The van der Waals surface area contributed by atoms with Gasteiger partial charge in [0.25, 0.3) is 0 Å². The topological polar surface area (TPSA) is 63.7 Å². The molecule has 0 aliphatic carbocycles. The van der Waals surface area contributed by atoms with Crippen molar-refractivity contribution in [2.45, 2.75) is 25.7 Å². The Hall–Kier alpha value is -2.60. The largest absolute Gasteiger partial charge is 0.497 e.